The molecule has 0 saturated carbocycles. The van der Waals surface area contributed by atoms with Crippen LogP contribution in [0.4, 0.5) is 18.9 Å². The van der Waals surface area contributed by atoms with Gasteiger partial charge >= 0.3 is 6.18 Å². The lowest BCUT2D eigenvalue weighted by atomic mass is 10.1. The molecule has 0 heterocycles. The van der Waals surface area contributed by atoms with Crippen LogP contribution in [0.1, 0.15) is 16.7 Å². The van der Waals surface area contributed by atoms with Gasteiger partial charge in [0.2, 0.25) is 5.75 Å². The molecule has 0 amide bonds. The Hall–Kier alpha value is -1.70. The summed E-state index contributed by atoms with van der Waals surface area (Å²) in [6.45, 7) is 3.45. The van der Waals surface area contributed by atoms with Crippen molar-refractivity contribution in [3.8, 4) is 0 Å². The standard InChI is InChI=1S/C19H20ClF3N2OS/c1-12-9-13(2)17(27(26)11-19(21,22)23)10-16(12)24-18(25(3)4)14-7-5-6-8-15(14)20/h5-10H,11H2,1-4H3/b24-18-. The fourth-order valence-corrected chi connectivity index (χ4v) is 3.91. The van der Waals surface area contributed by atoms with E-state index in [1.807, 2.05) is 19.1 Å². The average molecular weight is 417 g/mol. The Bertz CT molecular complexity index is 853. The number of amidine groups is 1. The lowest BCUT2D eigenvalue weighted by molar-refractivity contribution is -0.106. The molecule has 2 aromatic carbocycles. The molecule has 2 aromatic rings. The van der Waals surface area contributed by atoms with Gasteiger partial charge in [-0.15, -0.1) is 0 Å². The van der Waals surface area contributed by atoms with Crippen molar-refractivity contribution in [2.75, 3.05) is 19.8 Å². The topological polar surface area (TPSA) is 38.7 Å². The third-order valence-electron chi connectivity index (χ3n) is 3.80. The first-order chi connectivity index (χ1) is 12.5. The molecule has 0 spiro atoms. The van der Waals surface area contributed by atoms with E-state index in [-0.39, 0.29) is 4.90 Å². The summed E-state index contributed by atoms with van der Waals surface area (Å²) in [7, 11) is 3.60. The van der Waals surface area contributed by atoms with E-state index < -0.39 is 23.1 Å². The number of benzene rings is 2. The van der Waals surface area contributed by atoms with Gasteiger partial charge in [0.05, 0.1) is 10.7 Å². The summed E-state index contributed by atoms with van der Waals surface area (Å²) in [6, 6.07) is 10.3. The Balaban J connectivity index is 2.55. The van der Waals surface area contributed by atoms with E-state index in [2.05, 4.69) is 4.99 Å². The van der Waals surface area contributed by atoms with Gasteiger partial charge in [0.15, 0.2) is 4.90 Å². The smallest absolute Gasteiger partial charge is 0.433 e. The minimum atomic E-state index is -4.50. The fraction of sp³-hybridized carbons (Fsp3) is 0.316. The van der Waals surface area contributed by atoms with Crippen molar-refractivity contribution in [1.82, 2.24) is 4.90 Å². The highest BCUT2D eigenvalue weighted by molar-refractivity contribution is 7.91. The molecule has 0 fully saturated rings. The van der Waals surface area contributed by atoms with E-state index >= 15 is 0 Å². The van der Waals surface area contributed by atoms with Crippen LogP contribution in [-0.4, -0.2) is 41.3 Å². The molecule has 0 bridgehead atoms. The Labute approximate surface area is 165 Å². The van der Waals surface area contributed by atoms with Gasteiger partial charge in [-0.1, -0.05) is 23.7 Å². The van der Waals surface area contributed by atoms with Gasteiger partial charge < -0.3 is 9.45 Å². The van der Waals surface area contributed by atoms with Gasteiger partial charge in [-0.25, -0.2) is 4.99 Å². The summed E-state index contributed by atoms with van der Waals surface area (Å²) >= 11 is 4.08. The normalized spacial score (nSPS) is 13.6. The highest BCUT2D eigenvalue weighted by atomic mass is 35.5. The number of nitrogens with zero attached hydrogens (tertiary/aromatic N) is 2. The number of aryl methyl sites for hydroxylation is 2. The summed E-state index contributed by atoms with van der Waals surface area (Å²) in [5.41, 5.74) is 2.46. The molecule has 8 heteroatoms. The largest absolute Gasteiger partial charge is 0.611 e. The monoisotopic (exact) mass is 416 g/mol. The minimum absolute atomic E-state index is 0.133. The van der Waals surface area contributed by atoms with Crippen molar-refractivity contribution in [1.29, 1.82) is 0 Å². The molecule has 146 valence electrons. The van der Waals surface area contributed by atoms with Crippen LogP contribution in [0.3, 0.4) is 0 Å². The van der Waals surface area contributed by atoms with Gasteiger partial charge in [0.1, 0.15) is 5.84 Å². The summed E-state index contributed by atoms with van der Waals surface area (Å²) in [6.07, 6.45) is -4.50. The lowest BCUT2D eigenvalue weighted by Crippen LogP contribution is -2.24. The van der Waals surface area contributed by atoms with Crippen molar-refractivity contribution in [2.24, 2.45) is 4.99 Å². The highest BCUT2D eigenvalue weighted by Crippen LogP contribution is 2.31. The van der Waals surface area contributed by atoms with E-state index in [1.165, 1.54) is 6.07 Å². The first-order valence-corrected chi connectivity index (χ1v) is 9.76. The van der Waals surface area contributed by atoms with Crippen molar-refractivity contribution in [3.63, 3.8) is 0 Å². The van der Waals surface area contributed by atoms with E-state index in [1.54, 1.807) is 44.1 Å². The van der Waals surface area contributed by atoms with Crippen molar-refractivity contribution < 1.29 is 17.7 Å². The molecule has 0 N–H and O–H groups in total. The van der Waals surface area contributed by atoms with Crippen LogP contribution in [0.2, 0.25) is 5.02 Å². The Morgan fingerprint density at radius 1 is 1.15 bits per heavy atom. The maximum Gasteiger partial charge on any atom is 0.433 e. The third-order valence-corrected chi connectivity index (χ3v) is 5.65. The van der Waals surface area contributed by atoms with Gasteiger partial charge in [0, 0.05) is 31.3 Å². The number of rotatable bonds is 4. The van der Waals surface area contributed by atoms with Crippen LogP contribution in [-0.2, 0) is 11.2 Å². The van der Waals surface area contributed by atoms with Crippen molar-refractivity contribution in [2.45, 2.75) is 24.9 Å². The third kappa shape index (κ3) is 5.64. The second kappa shape index (κ2) is 8.54. The lowest BCUT2D eigenvalue weighted by Gasteiger charge is -2.19. The second-order valence-electron chi connectivity index (χ2n) is 6.32. The summed E-state index contributed by atoms with van der Waals surface area (Å²) < 4.78 is 50.1. The van der Waals surface area contributed by atoms with Gasteiger partial charge in [-0.2, -0.15) is 13.2 Å². The first kappa shape index (κ1) is 21.6. The molecule has 0 radical (unpaired) electrons. The molecular formula is C19H20ClF3N2OS. The van der Waals surface area contributed by atoms with Gasteiger partial charge in [-0.05, 0) is 48.8 Å². The molecule has 0 saturated heterocycles. The van der Waals surface area contributed by atoms with E-state index in [0.29, 0.717) is 27.7 Å². The molecule has 0 aliphatic carbocycles. The van der Waals surface area contributed by atoms with Crippen LogP contribution < -0.4 is 0 Å². The van der Waals surface area contributed by atoms with E-state index in [4.69, 9.17) is 11.6 Å². The highest BCUT2D eigenvalue weighted by Gasteiger charge is 2.36. The maximum atomic E-state index is 12.6. The molecule has 0 aliphatic rings. The number of aliphatic imine (C=N–C) groups is 1. The number of halogens is 4. The number of hydrogen-bond acceptors (Lipinski definition) is 2. The van der Waals surface area contributed by atoms with Crippen LogP contribution in [0.15, 0.2) is 46.3 Å². The molecular weight excluding hydrogens is 397 g/mol. The Morgan fingerprint density at radius 2 is 1.78 bits per heavy atom. The van der Waals surface area contributed by atoms with Crippen LogP contribution in [0.5, 0.6) is 0 Å². The average Bonchev–Trinajstić information content (AvgIpc) is 2.53. The molecule has 3 nitrogen and oxygen atoms in total. The van der Waals surface area contributed by atoms with E-state index in [0.717, 1.165) is 5.56 Å². The predicted molar refractivity (Wildman–Crippen MR) is 105 cm³/mol. The predicted octanol–water partition coefficient (Wildman–Crippen LogP) is 5.27. The zero-order valence-electron chi connectivity index (χ0n) is 15.4. The van der Waals surface area contributed by atoms with Crippen LogP contribution in [0.25, 0.3) is 0 Å². The molecule has 0 aromatic heterocycles. The maximum absolute atomic E-state index is 12.6. The Kier molecular flexibility index (Phi) is 6.83. The quantitative estimate of drug-likeness (QED) is 0.387. The zero-order chi connectivity index (χ0) is 20.4. The Morgan fingerprint density at radius 3 is 2.33 bits per heavy atom. The summed E-state index contributed by atoms with van der Waals surface area (Å²) in [4.78, 5) is 6.52. The second-order valence-corrected chi connectivity index (χ2v) is 8.15. The molecule has 0 aliphatic heterocycles. The number of hydrogen-bond donors (Lipinski definition) is 0. The SMILES string of the molecule is Cc1cc(C)c([S+]([O-])CC(F)(F)F)cc1/N=C(/c1ccccc1Cl)N(C)C. The minimum Gasteiger partial charge on any atom is -0.611 e. The van der Waals surface area contributed by atoms with Crippen LogP contribution >= 0.6 is 11.6 Å². The van der Waals surface area contributed by atoms with Gasteiger partial charge in [-0.3, -0.25) is 0 Å². The van der Waals surface area contributed by atoms with Crippen molar-refractivity contribution in [3.05, 3.63) is 58.1 Å². The fourth-order valence-electron chi connectivity index (χ4n) is 2.57. The van der Waals surface area contributed by atoms with E-state index in [9.17, 15) is 17.7 Å². The first-order valence-electron chi connectivity index (χ1n) is 8.07. The molecule has 2 rings (SSSR count). The molecule has 1 atom stereocenters. The molecule has 27 heavy (non-hydrogen) atoms. The summed E-state index contributed by atoms with van der Waals surface area (Å²) in [5.74, 6) is -0.828. The van der Waals surface area contributed by atoms with Gasteiger partial charge in [0.25, 0.3) is 0 Å². The zero-order valence-corrected chi connectivity index (χ0v) is 17.0. The molecule has 1 unspecified atom stereocenters. The number of alkyl halides is 3. The van der Waals surface area contributed by atoms with Crippen molar-refractivity contribution >= 4 is 34.3 Å². The summed E-state index contributed by atoms with van der Waals surface area (Å²) in [5, 5.41) is 0.510. The van der Waals surface area contributed by atoms with Crippen LogP contribution in [0, 0.1) is 13.8 Å².